The quantitative estimate of drug-likeness (QED) is 0.454. The van der Waals surface area contributed by atoms with Crippen LogP contribution in [0.15, 0.2) is 79.0 Å². The van der Waals surface area contributed by atoms with Gasteiger partial charge in [0.25, 0.3) is 5.91 Å². The van der Waals surface area contributed by atoms with Crippen LogP contribution in [0.4, 0.5) is 5.69 Å². The summed E-state index contributed by atoms with van der Waals surface area (Å²) in [6, 6.07) is 22.4. The Labute approximate surface area is 185 Å². The number of para-hydroxylation sites is 2. The summed E-state index contributed by atoms with van der Waals surface area (Å²) in [5, 5.41) is 0.671. The van der Waals surface area contributed by atoms with E-state index in [4.69, 9.17) is 4.74 Å². The Hall–Kier alpha value is -4.06. The van der Waals surface area contributed by atoms with Gasteiger partial charge in [-0.05, 0) is 49.2 Å². The van der Waals surface area contributed by atoms with E-state index in [1.165, 1.54) is 0 Å². The van der Waals surface area contributed by atoms with E-state index >= 15 is 0 Å². The van der Waals surface area contributed by atoms with Crippen LogP contribution in [0, 0.1) is 0 Å². The number of hydrogen-bond acceptors (Lipinski definition) is 5. The van der Waals surface area contributed by atoms with E-state index in [0.717, 1.165) is 17.7 Å². The summed E-state index contributed by atoms with van der Waals surface area (Å²) in [5.41, 5.74) is 4.26. The van der Waals surface area contributed by atoms with Crippen molar-refractivity contribution < 1.29 is 14.3 Å². The Morgan fingerprint density at radius 2 is 1.78 bits per heavy atom. The van der Waals surface area contributed by atoms with E-state index < -0.39 is 5.97 Å². The van der Waals surface area contributed by atoms with Gasteiger partial charge >= 0.3 is 5.97 Å². The number of anilines is 1. The predicted octanol–water partition coefficient (Wildman–Crippen LogP) is 4.43. The minimum atomic E-state index is -0.561. The average Bonchev–Trinajstić information content (AvgIpc) is 3.18. The molecular formula is C26H21N3O3. The highest BCUT2D eigenvalue weighted by atomic mass is 16.5. The maximum atomic E-state index is 13.0. The van der Waals surface area contributed by atoms with Crippen molar-refractivity contribution in [2.45, 2.75) is 19.4 Å². The monoisotopic (exact) mass is 423 g/mol. The number of esters is 1. The normalized spacial score (nSPS) is 14.9. The van der Waals surface area contributed by atoms with Crippen LogP contribution in [-0.2, 0) is 16.0 Å². The molecule has 6 heteroatoms. The van der Waals surface area contributed by atoms with E-state index in [2.05, 4.69) is 9.97 Å². The number of amides is 1. The number of hydrogen-bond donors (Lipinski definition) is 0. The molecule has 0 radical (unpaired) electrons. The van der Waals surface area contributed by atoms with Crippen LogP contribution < -0.4 is 4.90 Å². The van der Waals surface area contributed by atoms with Crippen molar-refractivity contribution in [3.8, 4) is 11.4 Å². The zero-order valence-electron chi connectivity index (χ0n) is 17.6. The molecule has 158 valence electrons. The van der Waals surface area contributed by atoms with Crippen molar-refractivity contribution in [1.82, 2.24) is 9.97 Å². The van der Waals surface area contributed by atoms with Crippen molar-refractivity contribution in [2.24, 2.45) is 0 Å². The zero-order chi connectivity index (χ0) is 22.1. The molecule has 0 saturated heterocycles. The van der Waals surface area contributed by atoms with Crippen LogP contribution in [-0.4, -0.2) is 34.5 Å². The van der Waals surface area contributed by atoms with Crippen molar-refractivity contribution in [1.29, 1.82) is 0 Å². The SMILES string of the molecule is CC1Cc2ccccc2N1C(=O)COC(=O)c1cc(-c2ccccn2)nc2ccccc12. The Balaban J connectivity index is 1.41. The van der Waals surface area contributed by atoms with Crippen LogP contribution in [0.2, 0.25) is 0 Å². The number of pyridine rings is 2. The number of rotatable bonds is 4. The molecule has 5 rings (SSSR count). The fourth-order valence-electron chi connectivity index (χ4n) is 4.21. The molecule has 1 aliphatic rings. The Kier molecular flexibility index (Phi) is 5.11. The number of fused-ring (bicyclic) bond motifs is 2. The molecule has 0 aliphatic carbocycles. The summed E-state index contributed by atoms with van der Waals surface area (Å²) in [5.74, 6) is -0.798. The summed E-state index contributed by atoms with van der Waals surface area (Å²) in [4.78, 5) is 36.7. The van der Waals surface area contributed by atoms with Gasteiger partial charge in [0.1, 0.15) is 0 Å². The largest absolute Gasteiger partial charge is 0.452 e. The van der Waals surface area contributed by atoms with Crippen LogP contribution in [0.3, 0.4) is 0 Å². The number of ether oxygens (including phenoxy) is 1. The molecule has 0 N–H and O–H groups in total. The van der Waals surface area contributed by atoms with Gasteiger partial charge in [0.2, 0.25) is 0 Å². The second kappa shape index (κ2) is 8.23. The number of nitrogens with zero attached hydrogens (tertiary/aromatic N) is 3. The second-order valence-electron chi connectivity index (χ2n) is 7.81. The molecule has 1 atom stereocenters. The van der Waals surface area contributed by atoms with Gasteiger partial charge in [0.15, 0.2) is 6.61 Å². The van der Waals surface area contributed by atoms with Gasteiger partial charge in [-0.15, -0.1) is 0 Å². The highest BCUT2D eigenvalue weighted by Crippen LogP contribution is 2.32. The first-order chi connectivity index (χ1) is 15.6. The fourth-order valence-corrected chi connectivity index (χ4v) is 4.21. The van der Waals surface area contributed by atoms with Gasteiger partial charge in [-0.2, -0.15) is 0 Å². The predicted molar refractivity (Wildman–Crippen MR) is 122 cm³/mol. The summed E-state index contributed by atoms with van der Waals surface area (Å²) < 4.78 is 5.49. The lowest BCUT2D eigenvalue weighted by molar-refractivity contribution is -0.122. The summed E-state index contributed by atoms with van der Waals surface area (Å²) >= 11 is 0. The molecule has 0 bridgehead atoms. The first kappa shape index (κ1) is 19.9. The molecular weight excluding hydrogens is 402 g/mol. The molecule has 3 heterocycles. The minimum Gasteiger partial charge on any atom is -0.452 e. The van der Waals surface area contributed by atoms with Crippen molar-refractivity contribution in [3.63, 3.8) is 0 Å². The van der Waals surface area contributed by atoms with Gasteiger partial charge in [0, 0.05) is 23.3 Å². The Morgan fingerprint density at radius 3 is 2.62 bits per heavy atom. The van der Waals surface area contributed by atoms with Crippen LogP contribution in [0.5, 0.6) is 0 Å². The highest BCUT2D eigenvalue weighted by molar-refractivity contribution is 6.06. The third-order valence-electron chi connectivity index (χ3n) is 5.67. The summed E-state index contributed by atoms with van der Waals surface area (Å²) in [6.45, 7) is 1.67. The average molecular weight is 423 g/mol. The van der Waals surface area contributed by atoms with Crippen molar-refractivity contribution in [2.75, 3.05) is 11.5 Å². The number of aromatic nitrogens is 2. The van der Waals surface area contributed by atoms with Gasteiger partial charge in [0.05, 0.1) is 22.5 Å². The second-order valence-corrected chi connectivity index (χ2v) is 7.81. The molecule has 1 aliphatic heterocycles. The molecule has 2 aromatic heterocycles. The molecule has 1 unspecified atom stereocenters. The van der Waals surface area contributed by atoms with Crippen LogP contribution >= 0.6 is 0 Å². The molecule has 0 spiro atoms. The molecule has 0 saturated carbocycles. The maximum Gasteiger partial charge on any atom is 0.339 e. The Morgan fingerprint density at radius 1 is 1.00 bits per heavy atom. The van der Waals surface area contributed by atoms with E-state index in [1.807, 2.05) is 73.7 Å². The molecule has 2 aromatic carbocycles. The van der Waals surface area contributed by atoms with Gasteiger partial charge < -0.3 is 9.64 Å². The van der Waals surface area contributed by atoms with Gasteiger partial charge in [-0.25, -0.2) is 9.78 Å². The highest BCUT2D eigenvalue weighted by Gasteiger charge is 2.31. The van der Waals surface area contributed by atoms with Crippen molar-refractivity contribution in [3.05, 3.63) is 90.1 Å². The third kappa shape index (κ3) is 3.60. The number of benzene rings is 2. The van der Waals surface area contributed by atoms with E-state index in [1.54, 1.807) is 17.2 Å². The lowest BCUT2D eigenvalue weighted by Crippen LogP contribution is -2.38. The summed E-state index contributed by atoms with van der Waals surface area (Å²) in [6.07, 6.45) is 2.47. The van der Waals surface area contributed by atoms with Gasteiger partial charge in [-0.1, -0.05) is 42.5 Å². The third-order valence-corrected chi connectivity index (χ3v) is 5.67. The van der Waals surface area contributed by atoms with Crippen molar-refractivity contribution >= 4 is 28.5 Å². The standard InChI is InChI=1S/C26H21N3O3/c1-17-14-18-8-2-5-12-24(18)29(17)25(30)16-32-26(31)20-15-23(22-11-6-7-13-27-22)28-21-10-4-3-9-19(20)21/h2-13,15,17H,14,16H2,1H3. The maximum absolute atomic E-state index is 13.0. The molecule has 6 nitrogen and oxygen atoms in total. The van der Waals surface area contributed by atoms with E-state index in [9.17, 15) is 9.59 Å². The number of carbonyl (C=O) groups is 2. The first-order valence-corrected chi connectivity index (χ1v) is 10.5. The fraction of sp³-hybridized carbons (Fsp3) is 0.154. The van der Waals surface area contributed by atoms with E-state index in [-0.39, 0.29) is 18.6 Å². The summed E-state index contributed by atoms with van der Waals surface area (Å²) in [7, 11) is 0. The van der Waals surface area contributed by atoms with Crippen LogP contribution in [0.1, 0.15) is 22.8 Å². The lowest BCUT2D eigenvalue weighted by atomic mass is 10.1. The number of carbonyl (C=O) groups excluding carboxylic acids is 2. The first-order valence-electron chi connectivity index (χ1n) is 10.5. The molecule has 32 heavy (non-hydrogen) atoms. The molecule has 0 fully saturated rings. The zero-order valence-corrected chi connectivity index (χ0v) is 17.6. The smallest absolute Gasteiger partial charge is 0.339 e. The van der Waals surface area contributed by atoms with E-state index in [0.29, 0.717) is 27.9 Å². The molecule has 4 aromatic rings. The Bertz CT molecular complexity index is 1320. The van der Waals surface area contributed by atoms with Crippen LogP contribution in [0.25, 0.3) is 22.3 Å². The minimum absolute atomic E-state index is 0.0242. The lowest BCUT2D eigenvalue weighted by Gasteiger charge is -2.22. The molecule has 1 amide bonds. The topological polar surface area (TPSA) is 72.4 Å². The van der Waals surface area contributed by atoms with Gasteiger partial charge in [-0.3, -0.25) is 9.78 Å².